The van der Waals surface area contributed by atoms with Crippen LogP contribution in [0.15, 0.2) is 73.1 Å². The summed E-state index contributed by atoms with van der Waals surface area (Å²) in [5, 5.41) is 0. The third-order valence-corrected chi connectivity index (χ3v) is 6.08. The summed E-state index contributed by atoms with van der Waals surface area (Å²) >= 11 is 0. The van der Waals surface area contributed by atoms with Gasteiger partial charge in [-0.2, -0.15) is 0 Å². The van der Waals surface area contributed by atoms with Crippen molar-refractivity contribution in [2.24, 2.45) is 0 Å². The smallest absolute Gasteiger partial charge is 0.223 e. The Balaban J connectivity index is 1.23. The fourth-order valence-corrected chi connectivity index (χ4v) is 4.36. The van der Waals surface area contributed by atoms with E-state index in [9.17, 15) is 9.59 Å². The predicted octanol–water partition coefficient (Wildman–Crippen LogP) is 4.43. The summed E-state index contributed by atoms with van der Waals surface area (Å²) in [4.78, 5) is 39.3. The van der Waals surface area contributed by atoms with Gasteiger partial charge in [0.25, 0.3) is 0 Å². The highest BCUT2D eigenvalue weighted by molar-refractivity contribution is 6.01. The molecule has 6 heteroatoms. The number of aryl methyl sites for hydroxylation is 1. The Morgan fingerprint density at radius 1 is 1.00 bits per heavy atom. The zero-order valence-corrected chi connectivity index (χ0v) is 17.7. The molecule has 3 heterocycles. The molecule has 1 amide bonds. The number of ketones is 1. The van der Waals surface area contributed by atoms with Crippen molar-refractivity contribution in [1.29, 1.82) is 0 Å². The summed E-state index contributed by atoms with van der Waals surface area (Å²) in [5.74, 6) is 0.194. The number of amides is 1. The van der Waals surface area contributed by atoms with E-state index in [1.165, 1.54) is 5.56 Å². The number of likely N-dealkylation sites (tertiary alicyclic amines) is 1. The van der Waals surface area contributed by atoms with Crippen molar-refractivity contribution in [3.63, 3.8) is 0 Å². The van der Waals surface area contributed by atoms with E-state index in [0.717, 1.165) is 23.1 Å². The fraction of sp³-hybridized carbons (Fsp3) is 0.231. The molecule has 1 N–H and O–H groups in total. The van der Waals surface area contributed by atoms with E-state index >= 15 is 0 Å². The number of H-pyrrole nitrogens is 1. The molecule has 160 valence electrons. The SMILES string of the molecule is O=C(c1nc2ccncc2[nH]1)[C@@H]1CCCN1C(=O)CCc1ccc(-c2ccccc2)cc1. The van der Waals surface area contributed by atoms with Gasteiger partial charge < -0.3 is 9.88 Å². The standard InChI is InChI=1S/C26H24N4O2/c31-24(13-10-18-8-11-20(12-9-18)19-5-2-1-3-6-19)30-16-4-7-23(30)25(32)26-28-21-14-15-27-17-22(21)29-26/h1-3,5-6,8-9,11-12,14-15,17,23H,4,7,10,13,16H2,(H,28,29)/t23-/m0/s1. The van der Waals surface area contributed by atoms with Crippen molar-refractivity contribution in [1.82, 2.24) is 19.9 Å². The lowest BCUT2D eigenvalue weighted by Crippen LogP contribution is -2.41. The first-order chi connectivity index (χ1) is 15.7. The fourth-order valence-electron chi connectivity index (χ4n) is 4.36. The number of hydrogen-bond donors (Lipinski definition) is 1. The molecule has 1 fully saturated rings. The molecule has 1 atom stereocenters. The van der Waals surface area contributed by atoms with Crippen molar-refractivity contribution in [3.8, 4) is 11.1 Å². The van der Waals surface area contributed by atoms with Crippen LogP contribution in [0.25, 0.3) is 22.2 Å². The van der Waals surface area contributed by atoms with Gasteiger partial charge in [-0.25, -0.2) is 4.98 Å². The van der Waals surface area contributed by atoms with Gasteiger partial charge in [-0.1, -0.05) is 54.6 Å². The Morgan fingerprint density at radius 2 is 1.78 bits per heavy atom. The second-order valence-electron chi connectivity index (χ2n) is 8.15. The third-order valence-electron chi connectivity index (χ3n) is 6.08. The van der Waals surface area contributed by atoms with Gasteiger partial charge in [0.15, 0.2) is 5.82 Å². The second-order valence-corrected chi connectivity index (χ2v) is 8.15. The van der Waals surface area contributed by atoms with Gasteiger partial charge in [-0.05, 0) is 42.0 Å². The lowest BCUT2D eigenvalue weighted by molar-refractivity contribution is -0.131. The number of hydrogen-bond acceptors (Lipinski definition) is 4. The summed E-state index contributed by atoms with van der Waals surface area (Å²) in [7, 11) is 0. The normalized spacial score (nSPS) is 15.9. The maximum absolute atomic E-state index is 13.1. The van der Waals surface area contributed by atoms with E-state index in [1.54, 1.807) is 23.4 Å². The van der Waals surface area contributed by atoms with E-state index < -0.39 is 6.04 Å². The number of carbonyl (C=O) groups excluding carboxylic acids is 2. The Kier molecular flexibility index (Phi) is 5.50. The topological polar surface area (TPSA) is 79.0 Å². The van der Waals surface area contributed by atoms with E-state index in [2.05, 4.69) is 51.4 Å². The van der Waals surface area contributed by atoms with E-state index in [4.69, 9.17) is 0 Å². The Bertz CT molecular complexity index is 1210. The lowest BCUT2D eigenvalue weighted by Gasteiger charge is -2.23. The van der Waals surface area contributed by atoms with Crippen LogP contribution in [0.5, 0.6) is 0 Å². The minimum atomic E-state index is -0.448. The quantitative estimate of drug-likeness (QED) is 0.465. The number of fused-ring (bicyclic) bond motifs is 1. The molecule has 4 aromatic rings. The van der Waals surface area contributed by atoms with Crippen molar-refractivity contribution >= 4 is 22.7 Å². The first kappa shape index (κ1) is 20.1. The molecule has 0 bridgehead atoms. The number of Topliss-reactive ketones (excluding diaryl/α,β-unsaturated/α-hetero) is 1. The monoisotopic (exact) mass is 424 g/mol. The van der Waals surface area contributed by atoms with Crippen LogP contribution in [0.3, 0.4) is 0 Å². The number of aromatic nitrogens is 3. The van der Waals surface area contributed by atoms with Gasteiger partial charge in [-0.15, -0.1) is 0 Å². The molecule has 6 nitrogen and oxygen atoms in total. The molecule has 0 spiro atoms. The summed E-state index contributed by atoms with van der Waals surface area (Å²) < 4.78 is 0. The minimum Gasteiger partial charge on any atom is -0.334 e. The molecule has 0 radical (unpaired) electrons. The van der Waals surface area contributed by atoms with Gasteiger partial charge in [0.1, 0.15) is 0 Å². The molecule has 2 aromatic carbocycles. The van der Waals surface area contributed by atoms with Crippen molar-refractivity contribution < 1.29 is 9.59 Å². The average Bonchev–Trinajstić information content (AvgIpc) is 3.50. The number of benzene rings is 2. The van der Waals surface area contributed by atoms with Crippen LogP contribution in [0, 0.1) is 0 Å². The van der Waals surface area contributed by atoms with Crippen LogP contribution >= 0.6 is 0 Å². The van der Waals surface area contributed by atoms with Crippen molar-refractivity contribution in [2.45, 2.75) is 31.7 Å². The van der Waals surface area contributed by atoms with Gasteiger partial charge in [-0.3, -0.25) is 14.6 Å². The molecular weight excluding hydrogens is 400 g/mol. The molecule has 2 aromatic heterocycles. The first-order valence-corrected chi connectivity index (χ1v) is 11.0. The second kappa shape index (κ2) is 8.75. The highest BCUT2D eigenvalue weighted by atomic mass is 16.2. The zero-order valence-electron chi connectivity index (χ0n) is 17.7. The minimum absolute atomic E-state index is 0.0192. The Labute approximate surface area is 186 Å². The number of imidazole rings is 1. The number of nitrogens with zero attached hydrogens (tertiary/aromatic N) is 3. The molecule has 0 aliphatic carbocycles. The molecule has 5 rings (SSSR count). The van der Waals surface area contributed by atoms with Crippen molar-refractivity contribution in [2.75, 3.05) is 6.54 Å². The molecular formula is C26H24N4O2. The summed E-state index contributed by atoms with van der Waals surface area (Å²) in [5.41, 5.74) is 4.88. The molecule has 32 heavy (non-hydrogen) atoms. The van der Waals surface area contributed by atoms with Crippen LogP contribution < -0.4 is 0 Å². The maximum atomic E-state index is 13.1. The number of pyridine rings is 1. The summed E-state index contributed by atoms with van der Waals surface area (Å²) in [6, 6.07) is 19.9. The van der Waals surface area contributed by atoms with Crippen molar-refractivity contribution in [3.05, 3.63) is 84.4 Å². The highest BCUT2D eigenvalue weighted by Crippen LogP contribution is 2.24. The Hall–Kier alpha value is -3.80. The van der Waals surface area contributed by atoms with Gasteiger partial charge in [0.05, 0.1) is 23.3 Å². The van der Waals surface area contributed by atoms with E-state index in [1.807, 2.05) is 18.2 Å². The molecule has 0 saturated carbocycles. The van der Waals surface area contributed by atoms with E-state index in [0.29, 0.717) is 37.1 Å². The van der Waals surface area contributed by atoms with Crippen LogP contribution in [-0.4, -0.2) is 44.1 Å². The predicted molar refractivity (Wildman–Crippen MR) is 123 cm³/mol. The number of aromatic amines is 1. The van der Waals surface area contributed by atoms with Crippen LogP contribution in [0.1, 0.15) is 35.4 Å². The Morgan fingerprint density at radius 3 is 2.56 bits per heavy atom. The van der Waals surface area contributed by atoms with Crippen LogP contribution in [0.4, 0.5) is 0 Å². The summed E-state index contributed by atoms with van der Waals surface area (Å²) in [6.45, 7) is 0.615. The number of carbonyl (C=O) groups is 2. The lowest BCUT2D eigenvalue weighted by atomic mass is 10.0. The maximum Gasteiger partial charge on any atom is 0.223 e. The van der Waals surface area contributed by atoms with Gasteiger partial charge >= 0.3 is 0 Å². The molecule has 1 aliphatic rings. The third kappa shape index (κ3) is 4.04. The van der Waals surface area contributed by atoms with E-state index in [-0.39, 0.29) is 11.7 Å². The molecule has 0 unspecified atom stereocenters. The van der Waals surface area contributed by atoms with Crippen LogP contribution in [0.2, 0.25) is 0 Å². The number of rotatable bonds is 6. The highest BCUT2D eigenvalue weighted by Gasteiger charge is 2.35. The molecule has 1 aliphatic heterocycles. The largest absolute Gasteiger partial charge is 0.334 e. The number of nitrogens with one attached hydrogen (secondary N) is 1. The summed E-state index contributed by atoms with van der Waals surface area (Å²) in [6.07, 6.45) is 5.84. The first-order valence-electron chi connectivity index (χ1n) is 11.0. The molecule has 1 saturated heterocycles. The van der Waals surface area contributed by atoms with Gasteiger partial charge in [0.2, 0.25) is 11.7 Å². The average molecular weight is 425 g/mol. The zero-order chi connectivity index (χ0) is 21.9. The van der Waals surface area contributed by atoms with Gasteiger partial charge in [0, 0.05) is 19.2 Å². The van der Waals surface area contributed by atoms with Crippen LogP contribution in [-0.2, 0) is 11.2 Å².